The normalized spacial score (nSPS) is 13.5. The summed E-state index contributed by atoms with van der Waals surface area (Å²) in [6.07, 6.45) is 9.24. The summed E-state index contributed by atoms with van der Waals surface area (Å²) in [7, 11) is 0. The van der Waals surface area contributed by atoms with Crippen LogP contribution in [0.25, 0.3) is 0 Å². The van der Waals surface area contributed by atoms with Crippen molar-refractivity contribution in [2.45, 2.75) is 51.6 Å². The fraction of sp³-hybridized carbons (Fsp3) is 0.857. The summed E-state index contributed by atoms with van der Waals surface area (Å²) in [5.41, 5.74) is -1.24. The maximum absolute atomic E-state index is 9.83. The topological polar surface area (TPSA) is 80.9 Å². The molecule has 0 aliphatic rings. The zero-order chi connectivity index (χ0) is 13.9. The molecule has 0 aromatic carbocycles. The van der Waals surface area contributed by atoms with E-state index in [0.717, 1.165) is 12.8 Å². The van der Waals surface area contributed by atoms with Crippen molar-refractivity contribution in [2.75, 3.05) is 19.8 Å². The van der Waals surface area contributed by atoms with Crippen LogP contribution in [0.2, 0.25) is 0 Å². The molecular weight excluding hydrogens is 251 g/mol. The maximum atomic E-state index is 9.83. The van der Waals surface area contributed by atoms with E-state index in [2.05, 4.69) is 6.92 Å². The van der Waals surface area contributed by atoms with Crippen molar-refractivity contribution < 1.29 is 25.1 Å². The van der Waals surface area contributed by atoms with E-state index in [1.165, 1.54) is 25.7 Å². The van der Waals surface area contributed by atoms with Crippen molar-refractivity contribution in [3.05, 3.63) is 12.2 Å². The Labute approximate surface area is 115 Å². The number of unbranched alkanes of at least 4 members (excludes halogenated alkanes) is 5. The average Bonchev–Trinajstić information content (AvgIpc) is 2.40. The van der Waals surface area contributed by atoms with Crippen LogP contribution in [0.3, 0.4) is 0 Å². The van der Waals surface area contributed by atoms with Crippen molar-refractivity contribution in [3.8, 4) is 0 Å². The first-order valence-electron chi connectivity index (χ1n) is 6.84. The van der Waals surface area contributed by atoms with Gasteiger partial charge >= 0.3 is 0 Å². The van der Waals surface area contributed by atoms with E-state index in [0.29, 0.717) is 0 Å². The fourth-order valence-electron chi connectivity index (χ4n) is 1.73. The Morgan fingerprint density at radius 2 is 1.47 bits per heavy atom. The Kier molecular flexibility index (Phi) is 13.7. The molecule has 0 fully saturated rings. The van der Waals surface area contributed by atoms with Crippen LogP contribution in [0, 0.1) is 5.41 Å². The minimum atomic E-state index is -1.24. The van der Waals surface area contributed by atoms with Crippen LogP contribution in [0.4, 0.5) is 4.70 Å². The Morgan fingerprint density at radius 1 is 0.947 bits per heavy atom. The molecule has 116 valence electrons. The lowest BCUT2D eigenvalue weighted by atomic mass is 9.84. The summed E-state index contributed by atoms with van der Waals surface area (Å²) < 4.78 is 0. The highest BCUT2D eigenvalue weighted by molar-refractivity contribution is 4.99. The Morgan fingerprint density at radius 3 is 1.95 bits per heavy atom. The molecule has 1 unspecified atom stereocenters. The first kappa shape index (κ1) is 20.8. The number of aliphatic hydroxyl groups is 4. The molecule has 5 heteroatoms. The summed E-state index contributed by atoms with van der Waals surface area (Å²) >= 11 is 0. The third-order valence-electron chi connectivity index (χ3n) is 3.36. The van der Waals surface area contributed by atoms with Gasteiger partial charge in [-0.25, -0.2) is 0 Å². The van der Waals surface area contributed by atoms with Crippen LogP contribution in [0.1, 0.15) is 45.4 Å². The summed E-state index contributed by atoms with van der Waals surface area (Å²) in [6.45, 7) is 0.848. The average molecular weight is 280 g/mol. The van der Waals surface area contributed by atoms with Gasteiger partial charge in [-0.15, -0.1) is 0 Å². The zero-order valence-corrected chi connectivity index (χ0v) is 11.8. The van der Waals surface area contributed by atoms with Crippen LogP contribution >= 0.6 is 0 Å². The minimum absolute atomic E-state index is 0. The number of halogens is 1. The van der Waals surface area contributed by atoms with Crippen LogP contribution in [0.5, 0.6) is 0 Å². The lowest BCUT2D eigenvalue weighted by Crippen LogP contribution is -2.44. The number of hydrogen-bond acceptors (Lipinski definition) is 4. The standard InChI is InChI=1S/C14H28O4.FH/c1-2-3-4-5-6-7-8-9-13(18)14(10-15,11-16)12-17;/h8-9,13,15-18H,2-7,10-12H2,1H3;1H. The molecule has 0 aliphatic heterocycles. The van der Waals surface area contributed by atoms with E-state index < -0.39 is 31.3 Å². The van der Waals surface area contributed by atoms with Crippen LogP contribution in [0.15, 0.2) is 12.2 Å². The molecule has 0 saturated heterocycles. The molecule has 4 N–H and O–H groups in total. The molecule has 0 aromatic rings. The minimum Gasteiger partial charge on any atom is -0.395 e. The van der Waals surface area contributed by atoms with Gasteiger partial charge in [-0.1, -0.05) is 44.8 Å². The highest BCUT2D eigenvalue weighted by atomic mass is 19.0. The molecule has 0 heterocycles. The van der Waals surface area contributed by atoms with Gasteiger partial charge in [0, 0.05) is 0 Å². The second-order valence-corrected chi connectivity index (χ2v) is 4.91. The Balaban J connectivity index is 0. The van der Waals surface area contributed by atoms with Crippen LogP contribution in [-0.2, 0) is 0 Å². The van der Waals surface area contributed by atoms with Gasteiger partial charge in [0.15, 0.2) is 0 Å². The van der Waals surface area contributed by atoms with E-state index in [1.807, 2.05) is 6.08 Å². The van der Waals surface area contributed by atoms with Crippen molar-refractivity contribution >= 4 is 0 Å². The van der Waals surface area contributed by atoms with E-state index in [-0.39, 0.29) is 4.70 Å². The number of allylic oxidation sites excluding steroid dienone is 1. The summed E-state index contributed by atoms with van der Waals surface area (Å²) in [6, 6.07) is 0. The van der Waals surface area contributed by atoms with Gasteiger partial charge in [-0.05, 0) is 12.8 Å². The van der Waals surface area contributed by atoms with Gasteiger partial charge in [0.25, 0.3) is 0 Å². The van der Waals surface area contributed by atoms with E-state index >= 15 is 0 Å². The first-order chi connectivity index (χ1) is 8.66. The monoisotopic (exact) mass is 280 g/mol. The van der Waals surface area contributed by atoms with E-state index in [1.54, 1.807) is 6.08 Å². The SMILES string of the molecule is CCCCCCCC=CC(O)C(CO)(CO)CO.F. The van der Waals surface area contributed by atoms with Gasteiger partial charge < -0.3 is 20.4 Å². The van der Waals surface area contributed by atoms with E-state index in [9.17, 15) is 5.11 Å². The van der Waals surface area contributed by atoms with Crippen molar-refractivity contribution in [1.29, 1.82) is 0 Å². The maximum Gasteiger partial charge on any atom is 0.0843 e. The molecular formula is C14H29FO4. The molecule has 0 rings (SSSR count). The van der Waals surface area contributed by atoms with Gasteiger partial charge in [-0.3, -0.25) is 4.70 Å². The lowest BCUT2D eigenvalue weighted by molar-refractivity contribution is -0.0635. The Bertz CT molecular complexity index is 209. The summed E-state index contributed by atoms with van der Waals surface area (Å²) in [5.74, 6) is 0. The third kappa shape index (κ3) is 7.62. The van der Waals surface area contributed by atoms with Crippen molar-refractivity contribution in [1.82, 2.24) is 0 Å². The zero-order valence-electron chi connectivity index (χ0n) is 11.8. The summed E-state index contributed by atoms with van der Waals surface area (Å²) in [4.78, 5) is 0. The molecule has 0 aliphatic carbocycles. The molecule has 0 aromatic heterocycles. The van der Waals surface area contributed by atoms with Crippen LogP contribution < -0.4 is 0 Å². The molecule has 19 heavy (non-hydrogen) atoms. The van der Waals surface area contributed by atoms with Crippen molar-refractivity contribution in [3.63, 3.8) is 0 Å². The highest BCUT2D eigenvalue weighted by Crippen LogP contribution is 2.21. The quantitative estimate of drug-likeness (QED) is 0.340. The predicted molar refractivity (Wildman–Crippen MR) is 74.7 cm³/mol. The molecule has 1 atom stereocenters. The molecule has 4 nitrogen and oxygen atoms in total. The molecule has 0 bridgehead atoms. The number of aliphatic hydroxyl groups excluding tert-OH is 4. The molecule has 0 radical (unpaired) electrons. The number of rotatable bonds is 11. The lowest BCUT2D eigenvalue weighted by Gasteiger charge is -2.30. The van der Waals surface area contributed by atoms with Gasteiger partial charge in [0.1, 0.15) is 0 Å². The van der Waals surface area contributed by atoms with Gasteiger partial charge in [-0.2, -0.15) is 0 Å². The molecule has 0 spiro atoms. The third-order valence-corrected chi connectivity index (χ3v) is 3.36. The Hall–Kier alpha value is -0.490. The fourth-order valence-corrected chi connectivity index (χ4v) is 1.73. The van der Waals surface area contributed by atoms with E-state index in [4.69, 9.17) is 15.3 Å². The second kappa shape index (κ2) is 12.5. The largest absolute Gasteiger partial charge is 0.395 e. The smallest absolute Gasteiger partial charge is 0.0843 e. The highest BCUT2D eigenvalue weighted by Gasteiger charge is 2.34. The second-order valence-electron chi connectivity index (χ2n) is 4.91. The number of hydrogen-bond donors (Lipinski definition) is 4. The van der Waals surface area contributed by atoms with Crippen molar-refractivity contribution in [2.24, 2.45) is 5.41 Å². The van der Waals surface area contributed by atoms with Crippen LogP contribution in [-0.4, -0.2) is 46.4 Å². The van der Waals surface area contributed by atoms with Gasteiger partial charge in [0.2, 0.25) is 0 Å². The predicted octanol–water partition coefficient (Wildman–Crippen LogP) is 1.38. The first-order valence-corrected chi connectivity index (χ1v) is 6.84. The molecule has 0 amide bonds. The summed E-state index contributed by atoms with van der Waals surface area (Å²) in [5, 5.41) is 37.2. The molecule has 0 saturated carbocycles. The van der Waals surface area contributed by atoms with Gasteiger partial charge in [0.05, 0.1) is 31.3 Å².